The second-order valence-electron chi connectivity index (χ2n) is 5.05. The maximum Gasteiger partial charge on any atom is 0.233 e. The van der Waals surface area contributed by atoms with Crippen molar-refractivity contribution in [2.75, 3.05) is 13.1 Å². The van der Waals surface area contributed by atoms with Gasteiger partial charge < -0.3 is 10.6 Å². The molecule has 1 saturated carbocycles. The van der Waals surface area contributed by atoms with Crippen LogP contribution < -0.4 is 10.6 Å². The third kappa shape index (κ3) is 5.50. The van der Waals surface area contributed by atoms with Gasteiger partial charge in [0.25, 0.3) is 0 Å². The van der Waals surface area contributed by atoms with Crippen LogP contribution in [0.1, 0.15) is 52.4 Å². The predicted molar refractivity (Wildman–Crippen MR) is 67.3 cm³/mol. The predicted octanol–water partition coefficient (Wildman–Crippen LogP) is 2.07. The zero-order chi connectivity index (χ0) is 11.8. The van der Waals surface area contributed by atoms with Gasteiger partial charge in [0.2, 0.25) is 5.91 Å². The van der Waals surface area contributed by atoms with Gasteiger partial charge >= 0.3 is 0 Å². The van der Waals surface area contributed by atoms with Gasteiger partial charge in [-0.3, -0.25) is 4.79 Å². The van der Waals surface area contributed by atoms with E-state index < -0.39 is 0 Å². The molecule has 2 unspecified atom stereocenters. The molecule has 3 heteroatoms. The Kier molecular flexibility index (Phi) is 6.46. The second kappa shape index (κ2) is 7.66. The van der Waals surface area contributed by atoms with Crippen molar-refractivity contribution in [1.82, 2.24) is 10.6 Å². The van der Waals surface area contributed by atoms with Crippen molar-refractivity contribution in [3.05, 3.63) is 0 Å². The van der Waals surface area contributed by atoms with Crippen LogP contribution >= 0.6 is 0 Å². The average Bonchev–Trinajstić information content (AvgIpc) is 2.27. The highest BCUT2D eigenvalue weighted by Gasteiger charge is 2.18. The van der Waals surface area contributed by atoms with E-state index in [4.69, 9.17) is 0 Å². The minimum Gasteiger partial charge on any atom is -0.355 e. The molecule has 0 aromatic carbocycles. The van der Waals surface area contributed by atoms with Gasteiger partial charge in [0, 0.05) is 12.6 Å². The minimum atomic E-state index is 0.145. The van der Waals surface area contributed by atoms with E-state index in [0.29, 0.717) is 12.6 Å². The zero-order valence-corrected chi connectivity index (χ0v) is 10.7. The summed E-state index contributed by atoms with van der Waals surface area (Å²) in [6.45, 7) is 5.74. The molecule has 0 heterocycles. The Hall–Kier alpha value is -0.570. The molecule has 0 aliphatic heterocycles. The van der Waals surface area contributed by atoms with E-state index >= 15 is 0 Å². The van der Waals surface area contributed by atoms with E-state index in [-0.39, 0.29) is 5.91 Å². The van der Waals surface area contributed by atoms with Crippen LogP contribution in [-0.4, -0.2) is 25.0 Å². The Balaban J connectivity index is 2.06. The highest BCUT2D eigenvalue weighted by atomic mass is 16.1. The molecule has 2 atom stereocenters. The lowest BCUT2D eigenvalue weighted by molar-refractivity contribution is -0.120. The standard InChI is InChI=1S/C13H26N2O/c1-3-4-8-14-13(16)10-15-12-7-5-6-11(2)9-12/h11-12,15H,3-10H2,1-2H3,(H,14,16). The summed E-state index contributed by atoms with van der Waals surface area (Å²) in [5.74, 6) is 0.959. The van der Waals surface area contributed by atoms with Crippen LogP contribution in [0.5, 0.6) is 0 Å². The number of nitrogens with one attached hydrogen (secondary N) is 2. The second-order valence-corrected chi connectivity index (χ2v) is 5.05. The molecule has 0 spiro atoms. The molecular weight excluding hydrogens is 200 g/mol. The highest BCUT2D eigenvalue weighted by Crippen LogP contribution is 2.23. The zero-order valence-electron chi connectivity index (χ0n) is 10.7. The Bertz CT molecular complexity index is 206. The van der Waals surface area contributed by atoms with Crippen LogP contribution in [0.4, 0.5) is 0 Å². The number of hydrogen-bond acceptors (Lipinski definition) is 2. The van der Waals surface area contributed by atoms with Crippen LogP contribution in [0.25, 0.3) is 0 Å². The van der Waals surface area contributed by atoms with Gasteiger partial charge in [-0.15, -0.1) is 0 Å². The minimum absolute atomic E-state index is 0.145. The van der Waals surface area contributed by atoms with Crippen LogP contribution in [0.3, 0.4) is 0 Å². The van der Waals surface area contributed by atoms with Crippen LogP contribution in [0, 0.1) is 5.92 Å². The van der Waals surface area contributed by atoms with Crippen molar-refractivity contribution in [3.8, 4) is 0 Å². The fourth-order valence-corrected chi connectivity index (χ4v) is 2.32. The lowest BCUT2D eigenvalue weighted by Crippen LogP contribution is -2.41. The van der Waals surface area contributed by atoms with Crippen LogP contribution in [-0.2, 0) is 4.79 Å². The van der Waals surface area contributed by atoms with E-state index in [9.17, 15) is 4.79 Å². The Morgan fingerprint density at radius 3 is 2.88 bits per heavy atom. The summed E-state index contributed by atoms with van der Waals surface area (Å²) in [4.78, 5) is 11.5. The molecule has 1 amide bonds. The molecule has 2 N–H and O–H groups in total. The summed E-state index contributed by atoms with van der Waals surface area (Å²) in [5.41, 5.74) is 0. The molecule has 0 aromatic heterocycles. The van der Waals surface area contributed by atoms with E-state index in [1.54, 1.807) is 0 Å². The molecule has 3 nitrogen and oxygen atoms in total. The lowest BCUT2D eigenvalue weighted by atomic mass is 9.87. The summed E-state index contributed by atoms with van der Waals surface area (Å²) in [5, 5.41) is 6.30. The molecule has 0 radical (unpaired) electrons. The largest absolute Gasteiger partial charge is 0.355 e. The van der Waals surface area contributed by atoms with E-state index in [1.165, 1.54) is 25.7 Å². The van der Waals surface area contributed by atoms with Crippen molar-refractivity contribution in [1.29, 1.82) is 0 Å². The van der Waals surface area contributed by atoms with E-state index in [0.717, 1.165) is 25.3 Å². The van der Waals surface area contributed by atoms with Crippen molar-refractivity contribution >= 4 is 5.91 Å². The molecule has 0 saturated heterocycles. The number of hydrogen-bond donors (Lipinski definition) is 2. The SMILES string of the molecule is CCCCNC(=O)CNC1CCCC(C)C1. The summed E-state index contributed by atoms with van der Waals surface area (Å²) in [7, 11) is 0. The summed E-state index contributed by atoms with van der Waals surface area (Å²) < 4.78 is 0. The molecule has 1 fully saturated rings. The Morgan fingerprint density at radius 2 is 2.19 bits per heavy atom. The van der Waals surface area contributed by atoms with Crippen LogP contribution in [0.2, 0.25) is 0 Å². The summed E-state index contributed by atoms with van der Waals surface area (Å²) in [6, 6.07) is 0.556. The Morgan fingerprint density at radius 1 is 1.38 bits per heavy atom. The van der Waals surface area contributed by atoms with Crippen molar-refractivity contribution in [2.24, 2.45) is 5.92 Å². The smallest absolute Gasteiger partial charge is 0.233 e. The molecule has 16 heavy (non-hydrogen) atoms. The van der Waals surface area contributed by atoms with Crippen molar-refractivity contribution in [2.45, 2.75) is 58.4 Å². The van der Waals surface area contributed by atoms with Gasteiger partial charge in [-0.25, -0.2) is 0 Å². The molecule has 1 rings (SSSR count). The number of carbonyl (C=O) groups excluding carboxylic acids is 1. The van der Waals surface area contributed by atoms with Crippen molar-refractivity contribution < 1.29 is 4.79 Å². The third-order valence-electron chi connectivity index (χ3n) is 3.34. The van der Waals surface area contributed by atoms with Gasteiger partial charge in [-0.2, -0.15) is 0 Å². The molecule has 94 valence electrons. The van der Waals surface area contributed by atoms with Gasteiger partial charge in [-0.1, -0.05) is 33.1 Å². The summed E-state index contributed by atoms with van der Waals surface area (Å²) in [6.07, 6.45) is 7.31. The van der Waals surface area contributed by atoms with Gasteiger partial charge in [0.15, 0.2) is 0 Å². The topological polar surface area (TPSA) is 41.1 Å². The third-order valence-corrected chi connectivity index (χ3v) is 3.34. The number of amides is 1. The van der Waals surface area contributed by atoms with E-state index in [2.05, 4.69) is 24.5 Å². The van der Waals surface area contributed by atoms with Gasteiger partial charge in [0.1, 0.15) is 0 Å². The Labute approximate surface area is 99.4 Å². The fourth-order valence-electron chi connectivity index (χ4n) is 2.32. The first-order valence-electron chi connectivity index (χ1n) is 6.72. The monoisotopic (exact) mass is 226 g/mol. The fraction of sp³-hybridized carbons (Fsp3) is 0.923. The molecule has 1 aliphatic rings. The molecule has 0 bridgehead atoms. The maximum absolute atomic E-state index is 11.5. The first kappa shape index (κ1) is 13.5. The highest BCUT2D eigenvalue weighted by molar-refractivity contribution is 5.77. The summed E-state index contributed by atoms with van der Waals surface area (Å²) >= 11 is 0. The van der Waals surface area contributed by atoms with Crippen molar-refractivity contribution in [3.63, 3.8) is 0 Å². The van der Waals surface area contributed by atoms with E-state index in [1.807, 2.05) is 0 Å². The average molecular weight is 226 g/mol. The number of unbranched alkanes of at least 4 members (excludes halogenated alkanes) is 1. The first-order valence-corrected chi connectivity index (χ1v) is 6.72. The maximum atomic E-state index is 11.5. The molecule has 0 aromatic rings. The van der Waals surface area contributed by atoms with Gasteiger partial charge in [-0.05, 0) is 25.2 Å². The normalized spacial score (nSPS) is 25.4. The van der Waals surface area contributed by atoms with Gasteiger partial charge in [0.05, 0.1) is 6.54 Å². The molecule has 1 aliphatic carbocycles. The lowest BCUT2D eigenvalue weighted by Gasteiger charge is -2.27. The first-order chi connectivity index (χ1) is 7.72. The quantitative estimate of drug-likeness (QED) is 0.681. The number of rotatable bonds is 6. The van der Waals surface area contributed by atoms with Crippen LogP contribution in [0.15, 0.2) is 0 Å². The number of carbonyl (C=O) groups is 1. The molecular formula is C13H26N2O.